The second kappa shape index (κ2) is 10.8. The molecule has 2 N–H and O–H groups in total. The van der Waals surface area contributed by atoms with Gasteiger partial charge in [-0.15, -0.1) is 0 Å². The van der Waals surface area contributed by atoms with Crippen LogP contribution in [0, 0.1) is 0 Å². The van der Waals surface area contributed by atoms with Gasteiger partial charge in [0.25, 0.3) is 10.0 Å². The zero-order chi connectivity index (χ0) is 24.9. The van der Waals surface area contributed by atoms with Crippen LogP contribution >= 0.6 is 11.6 Å². The Hall–Kier alpha value is -3.23. The SMILES string of the molecule is CCc1ccc(N(CC(N)=O)S(=O)(=O)c2ccc(OC)c(OC)c2)c(Cc2ccccc2Cl)c1. The van der Waals surface area contributed by atoms with E-state index >= 15 is 0 Å². The van der Waals surface area contributed by atoms with Crippen molar-refractivity contribution in [3.8, 4) is 11.5 Å². The number of primary amides is 1. The van der Waals surface area contributed by atoms with Gasteiger partial charge in [0, 0.05) is 17.5 Å². The van der Waals surface area contributed by atoms with Gasteiger partial charge in [-0.25, -0.2) is 8.42 Å². The van der Waals surface area contributed by atoms with Crippen LogP contribution in [0.4, 0.5) is 5.69 Å². The number of amides is 1. The van der Waals surface area contributed by atoms with E-state index in [9.17, 15) is 13.2 Å². The quantitative estimate of drug-likeness (QED) is 0.448. The lowest BCUT2D eigenvalue weighted by Gasteiger charge is -2.26. The number of anilines is 1. The van der Waals surface area contributed by atoms with Crippen LogP contribution < -0.4 is 19.5 Å². The summed E-state index contributed by atoms with van der Waals surface area (Å²) in [5, 5.41) is 0.569. The summed E-state index contributed by atoms with van der Waals surface area (Å²) in [6.07, 6.45) is 1.13. The number of halogens is 1. The average molecular weight is 503 g/mol. The highest BCUT2D eigenvalue weighted by Gasteiger charge is 2.29. The second-order valence-electron chi connectivity index (χ2n) is 7.58. The summed E-state index contributed by atoms with van der Waals surface area (Å²) < 4.78 is 39.0. The fraction of sp³-hybridized carbons (Fsp3) is 0.240. The van der Waals surface area contributed by atoms with Gasteiger partial charge in [0.05, 0.1) is 24.8 Å². The molecule has 9 heteroatoms. The molecule has 0 atom stereocenters. The number of aryl methyl sites for hydroxylation is 1. The molecule has 1 amide bonds. The largest absolute Gasteiger partial charge is 0.493 e. The van der Waals surface area contributed by atoms with E-state index < -0.39 is 22.5 Å². The summed E-state index contributed by atoms with van der Waals surface area (Å²) in [5.41, 5.74) is 8.39. The third kappa shape index (κ3) is 5.46. The third-order valence-corrected chi connectivity index (χ3v) is 7.53. The Kier molecular flexibility index (Phi) is 8.06. The van der Waals surface area contributed by atoms with Crippen LogP contribution in [0.1, 0.15) is 23.6 Å². The first-order chi connectivity index (χ1) is 16.2. The van der Waals surface area contributed by atoms with E-state index in [2.05, 4.69) is 0 Å². The summed E-state index contributed by atoms with van der Waals surface area (Å²) in [5.74, 6) is -0.151. The predicted molar refractivity (Wildman–Crippen MR) is 133 cm³/mol. The predicted octanol–water partition coefficient (Wildman–Crippen LogP) is 4.19. The lowest BCUT2D eigenvalue weighted by Crippen LogP contribution is -2.39. The monoisotopic (exact) mass is 502 g/mol. The molecule has 34 heavy (non-hydrogen) atoms. The van der Waals surface area contributed by atoms with Crippen molar-refractivity contribution in [1.29, 1.82) is 0 Å². The van der Waals surface area contributed by atoms with E-state index in [1.807, 2.05) is 37.3 Å². The Bertz CT molecular complexity index is 1290. The number of rotatable bonds is 10. The van der Waals surface area contributed by atoms with E-state index in [-0.39, 0.29) is 10.6 Å². The van der Waals surface area contributed by atoms with Crippen molar-refractivity contribution in [2.45, 2.75) is 24.7 Å². The number of nitrogens with two attached hydrogens (primary N) is 1. The summed E-state index contributed by atoms with van der Waals surface area (Å²) in [6, 6.07) is 17.1. The lowest BCUT2D eigenvalue weighted by atomic mass is 9.99. The molecule has 0 aliphatic heterocycles. The maximum absolute atomic E-state index is 13.8. The number of sulfonamides is 1. The summed E-state index contributed by atoms with van der Waals surface area (Å²) in [4.78, 5) is 11.9. The minimum atomic E-state index is -4.19. The molecule has 0 fully saturated rings. The molecular weight excluding hydrogens is 476 g/mol. The Labute approximate surface area is 205 Å². The van der Waals surface area contributed by atoms with Crippen molar-refractivity contribution in [1.82, 2.24) is 0 Å². The van der Waals surface area contributed by atoms with Gasteiger partial charge in [0.2, 0.25) is 5.91 Å². The lowest BCUT2D eigenvalue weighted by molar-refractivity contribution is -0.116. The molecule has 0 aromatic heterocycles. The first-order valence-corrected chi connectivity index (χ1v) is 12.4. The molecular formula is C25H27ClN2O5S. The minimum Gasteiger partial charge on any atom is -0.493 e. The number of carbonyl (C=O) groups is 1. The van der Waals surface area contributed by atoms with Crippen molar-refractivity contribution in [3.63, 3.8) is 0 Å². The van der Waals surface area contributed by atoms with Gasteiger partial charge in [-0.2, -0.15) is 0 Å². The molecule has 3 aromatic carbocycles. The molecule has 3 aromatic rings. The maximum atomic E-state index is 13.8. The molecule has 7 nitrogen and oxygen atoms in total. The van der Waals surface area contributed by atoms with E-state index in [0.29, 0.717) is 28.4 Å². The zero-order valence-corrected chi connectivity index (χ0v) is 20.8. The van der Waals surface area contributed by atoms with Crippen LogP contribution in [0.3, 0.4) is 0 Å². The molecule has 3 rings (SSSR count). The molecule has 0 saturated heterocycles. The van der Waals surface area contributed by atoms with Crippen molar-refractivity contribution in [2.24, 2.45) is 5.73 Å². The van der Waals surface area contributed by atoms with Crippen LogP contribution in [-0.2, 0) is 27.7 Å². The van der Waals surface area contributed by atoms with E-state index in [1.165, 1.54) is 32.4 Å². The van der Waals surface area contributed by atoms with Gasteiger partial charge >= 0.3 is 0 Å². The highest BCUT2D eigenvalue weighted by molar-refractivity contribution is 7.92. The van der Waals surface area contributed by atoms with Gasteiger partial charge in [-0.1, -0.05) is 48.9 Å². The first kappa shape index (κ1) is 25.4. The molecule has 0 aliphatic rings. The summed E-state index contributed by atoms with van der Waals surface area (Å²) in [7, 11) is -1.31. The van der Waals surface area contributed by atoms with Crippen LogP contribution in [-0.4, -0.2) is 35.1 Å². The molecule has 0 unspecified atom stereocenters. The number of carbonyl (C=O) groups excluding carboxylic acids is 1. The molecule has 0 bridgehead atoms. The van der Waals surface area contributed by atoms with Gasteiger partial charge in [0.15, 0.2) is 11.5 Å². The number of methoxy groups -OCH3 is 2. The molecule has 0 aliphatic carbocycles. The Morgan fingerprint density at radius 2 is 1.68 bits per heavy atom. The first-order valence-electron chi connectivity index (χ1n) is 10.6. The van der Waals surface area contributed by atoms with Gasteiger partial charge in [0.1, 0.15) is 6.54 Å². The molecule has 0 radical (unpaired) electrons. The van der Waals surface area contributed by atoms with Crippen LogP contribution in [0.5, 0.6) is 11.5 Å². The molecule has 0 heterocycles. The standard InChI is InChI=1S/C25H27ClN2O5S/c1-4-17-9-11-22(19(13-17)14-18-7-5-6-8-21(18)26)28(16-25(27)29)34(30,31)20-10-12-23(32-2)24(15-20)33-3/h5-13,15H,4,14,16H2,1-3H3,(H2,27,29). The second-order valence-corrected chi connectivity index (χ2v) is 9.85. The molecule has 180 valence electrons. The Morgan fingerprint density at radius 3 is 2.29 bits per heavy atom. The fourth-order valence-corrected chi connectivity index (χ4v) is 5.32. The van der Waals surface area contributed by atoms with Crippen molar-refractivity contribution >= 4 is 33.2 Å². The average Bonchev–Trinajstić information content (AvgIpc) is 2.83. The maximum Gasteiger partial charge on any atom is 0.264 e. The molecule has 0 spiro atoms. The van der Waals surface area contributed by atoms with Crippen LogP contribution in [0.15, 0.2) is 65.6 Å². The normalized spacial score (nSPS) is 11.2. The number of benzene rings is 3. The number of hydrogen-bond acceptors (Lipinski definition) is 5. The number of nitrogens with zero attached hydrogens (tertiary/aromatic N) is 1. The third-order valence-electron chi connectivity index (χ3n) is 5.40. The van der Waals surface area contributed by atoms with Crippen LogP contribution in [0.2, 0.25) is 5.02 Å². The number of hydrogen-bond donors (Lipinski definition) is 1. The molecule has 0 saturated carbocycles. The summed E-state index contributed by atoms with van der Waals surface area (Å²) >= 11 is 6.38. The fourth-order valence-electron chi connectivity index (χ4n) is 3.64. The van der Waals surface area contributed by atoms with Crippen molar-refractivity contribution in [3.05, 3.63) is 82.4 Å². The topological polar surface area (TPSA) is 98.9 Å². The van der Waals surface area contributed by atoms with Crippen molar-refractivity contribution < 1.29 is 22.7 Å². The van der Waals surface area contributed by atoms with E-state index in [1.54, 1.807) is 12.1 Å². The van der Waals surface area contributed by atoms with E-state index in [0.717, 1.165) is 21.9 Å². The highest BCUT2D eigenvalue weighted by atomic mass is 35.5. The van der Waals surface area contributed by atoms with E-state index in [4.69, 9.17) is 26.8 Å². The van der Waals surface area contributed by atoms with Crippen LogP contribution in [0.25, 0.3) is 0 Å². The van der Waals surface area contributed by atoms with Gasteiger partial charge in [-0.3, -0.25) is 9.10 Å². The Balaban J connectivity index is 2.18. The van der Waals surface area contributed by atoms with Gasteiger partial charge < -0.3 is 15.2 Å². The smallest absolute Gasteiger partial charge is 0.264 e. The Morgan fingerprint density at radius 1 is 0.971 bits per heavy atom. The van der Waals surface area contributed by atoms with Crippen molar-refractivity contribution in [2.75, 3.05) is 25.1 Å². The number of ether oxygens (including phenoxy) is 2. The highest BCUT2D eigenvalue weighted by Crippen LogP contribution is 2.34. The zero-order valence-electron chi connectivity index (χ0n) is 19.2. The minimum absolute atomic E-state index is 0.0605. The summed E-state index contributed by atoms with van der Waals surface area (Å²) in [6.45, 7) is 1.48. The van der Waals surface area contributed by atoms with Gasteiger partial charge in [-0.05, 0) is 47.4 Å².